The lowest BCUT2D eigenvalue weighted by molar-refractivity contribution is -0.0298. The normalized spacial score (nSPS) is 17.3. The van der Waals surface area contributed by atoms with Crippen LogP contribution in [0.25, 0.3) is 33.8 Å². The van der Waals surface area contributed by atoms with E-state index in [-0.39, 0.29) is 6.23 Å². The molecule has 1 unspecified atom stereocenters. The molecule has 5 rings (SSSR count). The first kappa shape index (κ1) is 16.1. The molecule has 0 amide bonds. The zero-order valence-electron chi connectivity index (χ0n) is 15.0. The molecule has 2 aromatic heterocycles. The maximum absolute atomic E-state index is 5.98. The van der Waals surface area contributed by atoms with Crippen LogP contribution in [0.4, 0.5) is 0 Å². The van der Waals surface area contributed by atoms with E-state index in [9.17, 15) is 0 Å². The molecule has 0 saturated carbocycles. The molecule has 5 heteroatoms. The van der Waals surface area contributed by atoms with Gasteiger partial charge < -0.3 is 4.74 Å². The lowest BCUT2D eigenvalue weighted by atomic mass is 10.1. The number of rotatable bonds is 3. The number of fused-ring (bicyclic) bond motifs is 1. The Bertz CT molecular complexity index is 1050. The Kier molecular flexibility index (Phi) is 4.14. The molecule has 0 N–H and O–H groups in total. The van der Waals surface area contributed by atoms with E-state index in [2.05, 4.69) is 21.7 Å². The van der Waals surface area contributed by atoms with E-state index in [1.807, 2.05) is 54.9 Å². The summed E-state index contributed by atoms with van der Waals surface area (Å²) < 4.78 is 8.05. The number of ether oxygens (including phenoxy) is 1. The van der Waals surface area contributed by atoms with Gasteiger partial charge in [-0.3, -0.25) is 4.57 Å². The van der Waals surface area contributed by atoms with Crippen LogP contribution in [0.15, 0.2) is 67.0 Å². The van der Waals surface area contributed by atoms with Crippen molar-refractivity contribution in [2.45, 2.75) is 25.5 Å². The van der Waals surface area contributed by atoms with Gasteiger partial charge in [0.1, 0.15) is 17.4 Å². The highest BCUT2D eigenvalue weighted by molar-refractivity contribution is 5.89. The maximum Gasteiger partial charge on any atom is 0.166 e. The Morgan fingerprint density at radius 1 is 0.852 bits per heavy atom. The molecular weight excluding hydrogens is 336 g/mol. The molecular formula is C22H20N4O. The molecule has 0 radical (unpaired) electrons. The van der Waals surface area contributed by atoms with Crippen molar-refractivity contribution in [1.29, 1.82) is 0 Å². The van der Waals surface area contributed by atoms with Gasteiger partial charge in [-0.05, 0) is 19.3 Å². The molecule has 5 nitrogen and oxygen atoms in total. The summed E-state index contributed by atoms with van der Waals surface area (Å²) in [4.78, 5) is 14.4. The summed E-state index contributed by atoms with van der Waals surface area (Å²) in [7, 11) is 0. The van der Waals surface area contributed by atoms with Gasteiger partial charge in [-0.15, -0.1) is 0 Å². The summed E-state index contributed by atoms with van der Waals surface area (Å²) in [6, 6.07) is 20.3. The number of hydrogen-bond donors (Lipinski definition) is 0. The number of aromatic nitrogens is 4. The van der Waals surface area contributed by atoms with Crippen molar-refractivity contribution in [1.82, 2.24) is 19.5 Å². The van der Waals surface area contributed by atoms with Crippen LogP contribution in [0.5, 0.6) is 0 Å². The van der Waals surface area contributed by atoms with Crippen molar-refractivity contribution >= 4 is 11.2 Å². The van der Waals surface area contributed by atoms with E-state index < -0.39 is 0 Å². The Morgan fingerprint density at radius 3 is 2.30 bits per heavy atom. The smallest absolute Gasteiger partial charge is 0.166 e. The van der Waals surface area contributed by atoms with Crippen LogP contribution in [0, 0.1) is 0 Å². The minimum absolute atomic E-state index is 0.00843. The van der Waals surface area contributed by atoms with Crippen LogP contribution in [0.3, 0.4) is 0 Å². The van der Waals surface area contributed by atoms with Gasteiger partial charge in [0.2, 0.25) is 0 Å². The fourth-order valence-corrected chi connectivity index (χ4v) is 3.58. The summed E-state index contributed by atoms with van der Waals surface area (Å²) in [5.74, 6) is 0.708. The minimum atomic E-state index is -0.00843. The van der Waals surface area contributed by atoms with Crippen LogP contribution in [0.2, 0.25) is 0 Å². The lowest BCUT2D eigenvalue weighted by Gasteiger charge is -2.23. The molecule has 1 aliphatic rings. The molecule has 1 fully saturated rings. The zero-order valence-corrected chi connectivity index (χ0v) is 15.0. The van der Waals surface area contributed by atoms with Gasteiger partial charge in [-0.25, -0.2) is 15.0 Å². The monoisotopic (exact) mass is 356 g/mol. The third-order valence-corrected chi connectivity index (χ3v) is 4.97. The van der Waals surface area contributed by atoms with Gasteiger partial charge in [-0.2, -0.15) is 0 Å². The molecule has 1 atom stereocenters. The first-order valence-electron chi connectivity index (χ1n) is 9.37. The minimum Gasteiger partial charge on any atom is -0.358 e. The average Bonchev–Trinajstić information content (AvgIpc) is 3.19. The van der Waals surface area contributed by atoms with Gasteiger partial charge in [0.25, 0.3) is 0 Å². The summed E-state index contributed by atoms with van der Waals surface area (Å²) >= 11 is 0. The quantitative estimate of drug-likeness (QED) is 0.526. The average molecular weight is 356 g/mol. The number of imidazole rings is 1. The molecule has 0 bridgehead atoms. The van der Waals surface area contributed by atoms with E-state index in [4.69, 9.17) is 14.7 Å². The number of nitrogens with zero attached hydrogens (tertiary/aromatic N) is 4. The Balaban J connectivity index is 1.74. The zero-order chi connectivity index (χ0) is 18.1. The Morgan fingerprint density at radius 2 is 1.59 bits per heavy atom. The van der Waals surface area contributed by atoms with E-state index >= 15 is 0 Å². The van der Waals surface area contributed by atoms with Crippen molar-refractivity contribution in [3.05, 3.63) is 67.0 Å². The second-order valence-corrected chi connectivity index (χ2v) is 6.77. The van der Waals surface area contributed by atoms with Crippen LogP contribution in [-0.4, -0.2) is 26.1 Å². The van der Waals surface area contributed by atoms with E-state index in [1.54, 1.807) is 0 Å². The topological polar surface area (TPSA) is 52.8 Å². The third kappa shape index (κ3) is 3.00. The molecule has 4 aromatic rings. The molecule has 27 heavy (non-hydrogen) atoms. The van der Waals surface area contributed by atoms with Gasteiger partial charge in [0.15, 0.2) is 11.5 Å². The van der Waals surface area contributed by atoms with Crippen LogP contribution >= 0.6 is 0 Å². The number of benzene rings is 2. The fourth-order valence-electron chi connectivity index (χ4n) is 3.58. The highest BCUT2D eigenvalue weighted by atomic mass is 16.5. The van der Waals surface area contributed by atoms with Crippen LogP contribution in [-0.2, 0) is 4.74 Å². The fraction of sp³-hybridized carbons (Fsp3) is 0.227. The van der Waals surface area contributed by atoms with Crippen molar-refractivity contribution in [2.24, 2.45) is 0 Å². The molecule has 1 aliphatic heterocycles. The van der Waals surface area contributed by atoms with Crippen molar-refractivity contribution in [2.75, 3.05) is 6.61 Å². The first-order chi connectivity index (χ1) is 13.4. The Labute approximate surface area is 157 Å². The summed E-state index contributed by atoms with van der Waals surface area (Å²) in [5.41, 5.74) is 4.53. The summed E-state index contributed by atoms with van der Waals surface area (Å²) in [6.45, 7) is 0.784. The van der Waals surface area contributed by atoms with Crippen molar-refractivity contribution in [3.8, 4) is 22.6 Å². The third-order valence-electron chi connectivity index (χ3n) is 4.97. The van der Waals surface area contributed by atoms with E-state index in [1.165, 1.54) is 0 Å². The standard InChI is InChI=1S/C22H20N4O/c1-3-9-16(10-4-1)19-20-22(25-21(24-19)17-11-5-2-6-12-17)26(15-23-20)18-13-7-8-14-27-18/h1-6,9-12,15,18H,7-8,13-14H2. The lowest BCUT2D eigenvalue weighted by Crippen LogP contribution is -2.17. The van der Waals surface area contributed by atoms with Crippen molar-refractivity contribution < 1.29 is 4.74 Å². The SMILES string of the molecule is c1ccc(-c2nc(-c3ccccc3)c3ncn(C4CCCCO4)c3n2)cc1. The number of hydrogen-bond acceptors (Lipinski definition) is 4. The largest absolute Gasteiger partial charge is 0.358 e. The van der Waals surface area contributed by atoms with Gasteiger partial charge in [0, 0.05) is 17.7 Å². The summed E-state index contributed by atoms with van der Waals surface area (Å²) in [6.07, 6.45) is 5.09. The van der Waals surface area contributed by atoms with E-state index in [0.717, 1.165) is 53.9 Å². The van der Waals surface area contributed by atoms with E-state index in [0.29, 0.717) is 5.82 Å². The maximum atomic E-state index is 5.98. The summed E-state index contributed by atoms with van der Waals surface area (Å²) in [5, 5.41) is 0. The van der Waals surface area contributed by atoms with Gasteiger partial charge >= 0.3 is 0 Å². The van der Waals surface area contributed by atoms with Crippen LogP contribution < -0.4 is 0 Å². The highest BCUT2D eigenvalue weighted by Crippen LogP contribution is 2.31. The van der Waals surface area contributed by atoms with Gasteiger partial charge in [0.05, 0.1) is 6.33 Å². The predicted molar refractivity (Wildman–Crippen MR) is 105 cm³/mol. The first-order valence-corrected chi connectivity index (χ1v) is 9.37. The molecule has 134 valence electrons. The molecule has 0 spiro atoms. The second-order valence-electron chi connectivity index (χ2n) is 6.77. The molecule has 3 heterocycles. The van der Waals surface area contributed by atoms with Gasteiger partial charge in [-0.1, -0.05) is 60.7 Å². The predicted octanol–water partition coefficient (Wildman–Crippen LogP) is 4.86. The Hall–Kier alpha value is -3.05. The van der Waals surface area contributed by atoms with Crippen molar-refractivity contribution in [3.63, 3.8) is 0 Å². The van der Waals surface area contributed by atoms with Crippen LogP contribution in [0.1, 0.15) is 25.5 Å². The second kappa shape index (κ2) is 6.93. The molecule has 2 aromatic carbocycles. The highest BCUT2D eigenvalue weighted by Gasteiger charge is 2.22. The molecule has 0 aliphatic carbocycles. The molecule has 1 saturated heterocycles.